The molecule has 0 fully saturated rings. The SMILES string of the molecule is C[C@H](OS(C)(=O)=O)c1cccc([C@@H](C)OS(C)(=O)=O)n1. The van der Waals surface area contributed by atoms with Crippen molar-refractivity contribution in [1.82, 2.24) is 4.98 Å². The van der Waals surface area contributed by atoms with E-state index in [1.807, 2.05) is 0 Å². The maximum atomic E-state index is 11.1. The first-order valence-electron chi connectivity index (χ1n) is 5.71. The Hall–Kier alpha value is -1.03. The molecule has 0 amide bonds. The average Bonchev–Trinajstić information content (AvgIpc) is 2.24. The van der Waals surface area contributed by atoms with Crippen molar-refractivity contribution in [3.05, 3.63) is 29.6 Å². The standard InChI is InChI=1S/C11H17NO6S2/c1-8(17-19(3,13)14)10-6-5-7-11(12-10)9(2)18-20(4,15)16/h5-9H,1-4H3/t8-,9+. The van der Waals surface area contributed by atoms with Gasteiger partial charge >= 0.3 is 0 Å². The normalized spacial score (nSPS) is 15.8. The Morgan fingerprint density at radius 2 is 1.25 bits per heavy atom. The van der Waals surface area contributed by atoms with Crippen molar-refractivity contribution in [2.45, 2.75) is 26.1 Å². The summed E-state index contributed by atoms with van der Waals surface area (Å²) in [5, 5.41) is 0. The minimum absolute atomic E-state index is 0.372. The highest BCUT2D eigenvalue weighted by molar-refractivity contribution is 7.86. The van der Waals surface area contributed by atoms with E-state index in [2.05, 4.69) is 4.98 Å². The van der Waals surface area contributed by atoms with Crippen LogP contribution in [0.3, 0.4) is 0 Å². The lowest BCUT2D eigenvalue weighted by Gasteiger charge is -2.14. The van der Waals surface area contributed by atoms with Crippen molar-refractivity contribution in [2.24, 2.45) is 0 Å². The first-order chi connectivity index (χ1) is 8.98. The molecule has 0 aliphatic carbocycles. The van der Waals surface area contributed by atoms with E-state index < -0.39 is 32.4 Å². The monoisotopic (exact) mass is 323 g/mol. The summed E-state index contributed by atoms with van der Waals surface area (Å²) in [6, 6.07) is 4.81. The molecule has 1 rings (SSSR count). The second kappa shape index (κ2) is 6.17. The summed E-state index contributed by atoms with van der Waals surface area (Å²) in [7, 11) is -7.20. The molecular formula is C11H17NO6S2. The summed E-state index contributed by atoms with van der Waals surface area (Å²) < 4.78 is 53.9. The molecule has 1 aromatic heterocycles. The third-order valence-electron chi connectivity index (χ3n) is 2.26. The number of hydrogen-bond donors (Lipinski definition) is 0. The fourth-order valence-electron chi connectivity index (χ4n) is 1.54. The molecule has 20 heavy (non-hydrogen) atoms. The van der Waals surface area contributed by atoms with Crippen LogP contribution in [0.1, 0.15) is 37.4 Å². The number of nitrogens with zero attached hydrogens (tertiary/aromatic N) is 1. The van der Waals surface area contributed by atoms with E-state index in [-0.39, 0.29) is 0 Å². The van der Waals surface area contributed by atoms with Gasteiger partial charge in [0.25, 0.3) is 20.2 Å². The summed E-state index contributed by atoms with van der Waals surface area (Å²) in [5.41, 5.74) is 0.744. The highest BCUT2D eigenvalue weighted by Crippen LogP contribution is 2.21. The van der Waals surface area contributed by atoms with E-state index in [4.69, 9.17) is 8.37 Å². The molecule has 2 atom stereocenters. The largest absolute Gasteiger partial charge is 0.265 e. The van der Waals surface area contributed by atoms with E-state index in [9.17, 15) is 16.8 Å². The van der Waals surface area contributed by atoms with Gasteiger partial charge in [0.05, 0.1) is 23.9 Å². The summed E-state index contributed by atoms with van der Waals surface area (Å²) in [6.07, 6.45) is 0.358. The van der Waals surface area contributed by atoms with Crippen LogP contribution in [0, 0.1) is 0 Å². The molecule has 0 radical (unpaired) electrons. The van der Waals surface area contributed by atoms with Crippen LogP contribution in [0.25, 0.3) is 0 Å². The van der Waals surface area contributed by atoms with Gasteiger partial charge in [-0.3, -0.25) is 13.4 Å². The molecule has 0 aliphatic rings. The lowest BCUT2D eigenvalue weighted by atomic mass is 10.2. The molecule has 0 aromatic carbocycles. The minimum Gasteiger partial charge on any atom is -0.261 e. The fraction of sp³-hybridized carbons (Fsp3) is 0.545. The van der Waals surface area contributed by atoms with E-state index in [0.29, 0.717) is 11.4 Å². The van der Waals surface area contributed by atoms with Crippen LogP contribution in [0.4, 0.5) is 0 Å². The topological polar surface area (TPSA) is 99.6 Å². The summed E-state index contributed by atoms with van der Waals surface area (Å²) in [4.78, 5) is 4.16. The molecule has 0 aliphatic heterocycles. The van der Waals surface area contributed by atoms with Crippen molar-refractivity contribution in [3.63, 3.8) is 0 Å². The van der Waals surface area contributed by atoms with Crippen LogP contribution in [0.15, 0.2) is 18.2 Å². The van der Waals surface area contributed by atoms with Crippen LogP contribution in [0.5, 0.6) is 0 Å². The van der Waals surface area contributed by atoms with Gasteiger partial charge < -0.3 is 0 Å². The Bertz CT molecular complexity index is 613. The van der Waals surface area contributed by atoms with Crippen LogP contribution in [-0.4, -0.2) is 34.3 Å². The summed E-state index contributed by atoms with van der Waals surface area (Å²) >= 11 is 0. The Balaban J connectivity index is 2.96. The van der Waals surface area contributed by atoms with Gasteiger partial charge in [-0.05, 0) is 26.0 Å². The highest BCUT2D eigenvalue weighted by atomic mass is 32.2. The zero-order valence-corrected chi connectivity index (χ0v) is 13.2. The maximum absolute atomic E-state index is 11.1. The second-order valence-corrected chi connectivity index (χ2v) is 7.57. The van der Waals surface area contributed by atoms with Crippen LogP contribution in [-0.2, 0) is 28.6 Å². The zero-order valence-electron chi connectivity index (χ0n) is 11.6. The molecule has 0 saturated heterocycles. The van der Waals surface area contributed by atoms with Gasteiger partial charge in [0.1, 0.15) is 12.2 Å². The van der Waals surface area contributed by atoms with Crippen molar-refractivity contribution < 1.29 is 25.2 Å². The van der Waals surface area contributed by atoms with Crippen LogP contribution in [0.2, 0.25) is 0 Å². The van der Waals surface area contributed by atoms with Gasteiger partial charge in [0.2, 0.25) is 0 Å². The molecule has 9 heteroatoms. The van der Waals surface area contributed by atoms with Gasteiger partial charge in [-0.1, -0.05) is 6.07 Å². The molecule has 1 heterocycles. The van der Waals surface area contributed by atoms with E-state index in [1.165, 1.54) is 13.8 Å². The van der Waals surface area contributed by atoms with Crippen molar-refractivity contribution >= 4 is 20.2 Å². The molecule has 7 nitrogen and oxygen atoms in total. The predicted octanol–water partition coefficient (Wildman–Crippen LogP) is 1.16. The molecule has 0 N–H and O–H groups in total. The Kier molecular flexibility index (Phi) is 5.25. The lowest BCUT2D eigenvalue weighted by molar-refractivity contribution is 0.221. The second-order valence-electron chi connectivity index (χ2n) is 4.37. The summed E-state index contributed by atoms with van der Waals surface area (Å²) in [6.45, 7) is 3.07. The maximum Gasteiger partial charge on any atom is 0.265 e. The van der Waals surface area contributed by atoms with Crippen LogP contribution < -0.4 is 0 Å². The van der Waals surface area contributed by atoms with E-state index >= 15 is 0 Å². The number of rotatable bonds is 6. The molecular weight excluding hydrogens is 306 g/mol. The minimum atomic E-state index is -3.60. The van der Waals surface area contributed by atoms with E-state index in [1.54, 1.807) is 18.2 Å². The third-order valence-corrected chi connectivity index (χ3v) is 3.54. The number of pyridine rings is 1. The van der Waals surface area contributed by atoms with Gasteiger partial charge in [-0.15, -0.1) is 0 Å². The third kappa shape index (κ3) is 5.95. The van der Waals surface area contributed by atoms with Crippen molar-refractivity contribution in [2.75, 3.05) is 12.5 Å². The number of hydrogen-bond acceptors (Lipinski definition) is 7. The highest BCUT2D eigenvalue weighted by Gasteiger charge is 2.18. The molecule has 0 bridgehead atoms. The van der Waals surface area contributed by atoms with Gasteiger partial charge in [-0.2, -0.15) is 16.8 Å². The Morgan fingerprint density at radius 3 is 1.55 bits per heavy atom. The molecule has 0 saturated carbocycles. The van der Waals surface area contributed by atoms with Gasteiger partial charge in [0.15, 0.2) is 0 Å². The van der Waals surface area contributed by atoms with Crippen molar-refractivity contribution in [1.29, 1.82) is 0 Å². The van der Waals surface area contributed by atoms with E-state index in [0.717, 1.165) is 12.5 Å². The lowest BCUT2D eigenvalue weighted by Crippen LogP contribution is -2.12. The molecule has 0 unspecified atom stereocenters. The molecule has 1 aromatic rings. The van der Waals surface area contributed by atoms with Crippen LogP contribution >= 0.6 is 0 Å². The smallest absolute Gasteiger partial charge is 0.261 e. The quantitative estimate of drug-likeness (QED) is 0.724. The molecule has 0 spiro atoms. The van der Waals surface area contributed by atoms with Gasteiger partial charge in [-0.25, -0.2) is 0 Å². The fourth-order valence-corrected chi connectivity index (χ4v) is 2.79. The zero-order chi connectivity index (χ0) is 15.6. The first-order valence-corrected chi connectivity index (χ1v) is 9.34. The van der Waals surface area contributed by atoms with Gasteiger partial charge in [0, 0.05) is 0 Å². The Morgan fingerprint density at radius 1 is 0.900 bits per heavy atom. The predicted molar refractivity (Wildman–Crippen MR) is 72.9 cm³/mol. The number of aromatic nitrogens is 1. The van der Waals surface area contributed by atoms with Crippen molar-refractivity contribution in [3.8, 4) is 0 Å². The Labute approximate surface area is 119 Å². The molecule has 114 valence electrons. The summed E-state index contributed by atoms with van der Waals surface area (Å²) in [5.74, 6) is 0. The average molecular weight is 323 g/mol. The first kappa shape index (κ1) is 17.0.